The molecule has 3 rings (SSSR count). The van der Waals surface area contributed by atoms with Gasteiger partial charge in [-0.05, 0) is 37.8 Å². The first kappa shape index (κ1) is 18.8. The van der Waals surface area contributed by atoms with Crippen LogP contribution in [0.15, 0.2) is 12.1 Å². The Balaban J connectivity index is 1.74. The Morgan fingerprint density at radius 3 is 2.60 bits per heavy atom. The number of hydrogen-bond acceptors (Lipinski definition) is 4. The molecule has 1 saturated carbocycles. The smallest absolute Gasteiger partial charge is 0.255 e. The van der Waals surface area contributed by atoms with Crippen molar-refractivity contribution < 1.29 is 18.3 Å². The maximum atomic E-state index is 12.5. The maximum Gasteiger partial charge on any atom is 0.255 e. The number of phenols is 1. The molecular formula is C16H20Cl2N2O4S. The van der Waals surface area contributed by atoms with Gasteiger partial charge in [-0.3, -0.25) is 4.79 Å². The van der Waals surface area contributed by atoms with Crippen molar-refractivity contribution in [3.8, 4) is 5.75 Å². The van der Waals surface area contributed by atoms with Gasteiger partial charge in [0.2, 0.25) is 10.0 Å². The molecule has 1 aromatic carbocycles. The fourth-order valence-corrected chi connectivity index (χ4v) is 5.45. The van der Waals surface area contributed by atoms with Gasteiger partial charge in [0.1, 0.15) is 5.75 Å². The van der Waals surface area contributed by atoms with E-state index < -0.39 is 15.9 Å². The lowest BCUT2D eigenvalue weighted by atomic mass is 10.1. The third kappa shape index (κ3) is 4.22. The van der Waals surface area contributed by atoms with E-state index in [1.807, 2.05) is 0 Å². The number of carbonyl (C=O) groups excluding carboxylic acids is 1. The zero-order valence-electron chi connectivity index (χ0n) is 13.5. The molecule has 2 fully saturated rings. The largest absolute Gasteiger partial charge is 0.506 e. The summed E-state index contributed by atoms with van der Waals surface area (Å²) in [5.74, 6) is -0.850. The fraction of sp³-hybridized carbons (Fsp3) is 0.562. The molecule has 138 valence electrons. The predicted octanol–water partition coefficient (Wildman–Crippen LogP) is 2.78. The van der Waals surface area contributed by atoms with Crippen molar-refractivity contribution >= 4 is 39.1 Å². The van der Waals surface area contributed by atoms with Crippen molar-refractivity contribution in [3.63, 3.8) is 0 Å². The van der Waals surface area contributed by atoms with Crippen LogP contribution >= 0.6 is 23.2 Å². The van der Waals surface area contributed by atoms with Crippen molar-refractivity contribution in [3.05, 3.63) is 27.7 Å². The summed E-state index contributed by atoms with van der Waals surface area (Å²) in [6.07, 6.45) is 3.70. The molecule has 1 aliphatic carbocycles. The van der Waals surface area contributed by atoms with Crippen molar-refractivity contribution in [2.75, 3.05) is 13.1 Å². The molecule has 0 radical (unpaired) electrons. The molecule has 0 aromatic heterocycles. The highest BCUT2D eigenvalue weighted by Crippen LogP contribution is 2.33. The number of nitrogens with one attached hydrogen (secondary N) is 1. The van der Waals surface area contributed by atoms with Crippen LogP contribution in [0.2, 0.25) is 10.0 Å². The third-order valence-corrected chi connectivity index (χ3v) is 7.42. The van der Waals surface area contributed by atoms with Gasteiger partial charge in [0.15, 0.2) is 0 Å². The number of halogens is 2. The summed E-state index contributed by atoms with van der Waals surface area (Å²) in [4.78, 5) is 12.5. The molecule has 1 unspecified atom stereocenters. The topological polar surface area (TPSA) is 86.7 Å². The second-order valence-corrected chi connectivity index (χ2v) is 9.61. The Morgan fingerprint density at radius 1 is 1.20 bits per heavy atom. The molecule has 9 heteroatoms. The van der Waals surface area contributed by atoms with Gasteiger partial charge in [0.25, 0.3) is 5.91 Å². The average molecular weight is 407 g/mol. The first-order chi connectivity index (χ1) is 11.8. The van der Waals surface area contributed by atoms with Crippen molar-refractivity contribution in [2.45, 2.75) is 43.4 Å². The number of aromatic hydroxyl groups is 1. The molecular weight excluding hydrogens is 387 g/mol. The van der Waals surface area contributed by atoms with Gasteiger partial charge in [-0.1, -0.05) is 29.6 Å². The summed E-state index contributed by atoms with van der Waals surface area (Å²) in [6.45, 7) is 0.735. The maximum absolute atomic E-state index is 12.5. The van der Waals surface area contributed by atoms with Gasteiger partial charge in [-0.15, -0.1) is 0 Å². The molecule has 1 saturated heterocycles. The number of nitrogens with zero attached hydrogens (tertiary/aromatic N) is 1. The van der Waals surface area contributed by atoms with E-state index in [0.29, 0.717) is 25.8 Å². The van der Waals surface area contributed by atoms with Crippen LogP contribution in [0.25, 0.3) is 0 Å². The minimum Gasteiger partial charge on any atom is -0.506 e. The van der Waals surface area contributed by atoms with Crippen molar-refractivity contribution in [2.24, 2.45) is 0 Å². The van der Waals surface area contributed by atoms with Crippen LogP contribution in [0.1, 0.15) is 42.5 Å². The summed E-state index contributed by atoms with van der Waals surface area (Å²) < 4.78 is 26.5. The number of hydrogen-bond donors (Lipinski definition) is 2. The van der Waals surface area contributed by atoms with Crippen LogP contribution in [-0.2, 0) is 10.0 Å². The SMILES string of the molecule is O=C(NC1CCCCN(S(=O)(=O)C2CC2)C1)c1cc(Cl)cc(Cl)c1O. The van der Waals surface area contributed by atoms with Crippen LogP contribution in [0.5, 0.6) is 5.75 Å². The molecule has 1 atom stereocenters. The molecule has 1 aliphatic heterocycles. The van der Waals surface area contributed by atoms with Gasteiger partial charge in [-0.2, -0.15) is 4.31 Å². The molecule has 0 bridgehead atoms. The summed E-state index contributed by atoms with van der Waals surface area (Å²) in [5, 5.41) is 12.8. The quantitative estimate of drug-likeness (QED) is 0.804. The molecule has 2 N–H and O–H groups in total. The number of rotatable bonds is 4. The minimum absolute atomic E-state index is 0.00328. The lowest BCUT2D eigenvalue weighted by Gasteiger charge is -2.24. The van der Waals surface area contributed by atoms with Crippen LogP contribution in [-0.4, -0.2) is 48.1 Å². The van der Waals surface area contributed by atoms with Crippen molar-refractivity contribution in [1.82, 2.24) is 9.62 Å². The van der Waals surface area contributed by atoms with Crippen LogP contribution in [0.4, 0.5) is 0 Å². The molecule has 25 heavy (non-hydrogen) atoms. The number of benzene rings is 1. The summed E-state index contributed by atoms with van der Waals surface area (Å²) in [7, 11) is -3.28. The van der Waals surface area contributed by atoms with E-state index in [2.05, 4.69) is 5.32 Å². The monoisotopic (exact) mass is 406 g/mol. The zero-order chi connectivity index (χ0) is 18.2. The standard InChI is InChI=1S/C16H20Cl2N2O4S/c17-10-7-13(15(21)14(18)8-10)16(22)19-11-3-1-2-6-20(9-11)25(23,24)12-4-5-12/h7-8,11-12,21H,1-6,9H2,(H,19,22). The Labute approximate surface area is 157 Å². The molecule has 0 spiro atoms. The van der Waals surface area contributed by atoms with E-state index >= 15 is 0 Å². The number of sulfonamides is 1. The van der Waals surface area contributed by atoms with Gasteiger partial charge in [0, 0.05) is 24.2 Å². The zero-order valence-corrected chi connectivity index (χ0v) is 15.9. The van der Waals surface area contributed by atoms with Gasteiger partial charge < -0.3 is 10.4 Å². The highest BCUT2D eigenvalue weighted by Gasteiger charge is 2.41. The van der Waals surface area contributed by atoms with Gasteiger partial charge in [-0.25, -0.2) is 8.42 Å². The van der Waals surface area contributed by atoms with Gasteiger partial charge in [0.05, 0.1) is 15.8 Å². The van der Waals surface area contributed by atoms with E-state index in [0.717, 1.165) is 12.8 Å². The second kappa shape index (κ2) is 7.31. The van der Waals surface area contributed by atoms with E-state index in [4.69, 9.17) is 23.2 Å². The Bertz CT molecular complexity index is 781. The van der Waals surface area contributed by atoms with E-state index in [1.54, 1.807) is 0 Å². The number of phenolic OH excluding ortho intramolecular Hbond substituents is 1. The predicted molar refractivity (Wildman–Crippen MR) is 96.7 cm³/mol. The first-order valence-corrected chi connectivity index (χ1v) is 10.5. The summed E-state index contributed by atoms with van der Waals surface area (Å²) in [5.41, 5.74) is -0.0154. The van der Waals surface area contributed by atoms with Crippen LogP contribution < -0.4 is 5.32 Å². The van der Waals surface area contributed by atoms with E-state index in [-0.39, 0.29) is 39.2 Å². The Hall–Kier alpha value is -1.02. The average Bonchev–Trinajstić information content (AvgIpc) is 3.37. The first-order valence-electron chi connectivity index (χ1n) is 8.27. The summed E-state index contributed by atoms with van der Waals surface area (Å²) >= 11 is 11.8. The summed E-state index contributed by atoms with van der Waals surface area (Å²) in [6, 6.07) is 2.37. The van der Waals surface area contributed by atoms with Crippen LogP contribution in [0, 0.1) is 0 Å². The van der Waals surface area contributed by atoms with Gasteiger partial charge >= 0.3 is 0 Å². The fourth-order valence-electron chi connectivity index (χ4n) is 3.04. The highest BCUT2D eigenvalue weighted by molar-refractivity contribution is 7.90. The third-order valence-electron chi connectivity index (χ3n) is 4.55. The minimum atomic E-state index is -3.28. The lowest BCUT2D eigenvalue weighted by Crippen LogP contribution is -2.45. The molecule has 1 amide bonds. The normalized spacial score (nSPS) is 22.4. The van der Waals surface area contributed by atoms with Crippen molar-refractivity contribution in [1.29, 1.82) is 0 Å². The van der Waals surface area contributed by atoms with Crippen LogP contribution in [0.3, 0.4) is 0 Å². The Morgan fingerprint density at radius 2 is 1.92 bits per heavy atom. The lowest BCUT2D eigenvalue weighted by molar-refractivity contribution is 0.0929. The molecule has 6 nitrogen and oxygen atoms in total. The molecule has 1 heterocycles. The number of carbonyl (C=O) groups is 1. The number of amides is 1. The van der Waals surface area contributed by atoms with E-state index in [9.17, 15) is 18.3 Å². The highest BCUT2D eigenvalue weighted by atomic mass is 35.5. The second-order valence-electron chi connectivity index (χ2n) is 6.55. The molecule has 1 aromatic rings. The molecule has 2 aliphatic rings. The Kier molecular flexibility index (Phi) is 5.48. The van der Waals surface area contributed by atoms with E-state index in [1.165, 1.54) is 16.4 Å².